The molecule has 0 spiro atoms. The Bertz CT molecular complexity index is 2080. The number of nitrogens with zero attached hydrogens (tertiary/aromatic N) is 3. The van der Waals surface area contributed by atoms with Crippen molar-refractivity contribution in [3.8, 4) is 5.69 Å². The van der Waals surface area contributed by atoms with Crippen LogP contribution in [0.3, 0.4) is 0 Å². The first kappa shape index (κ1) is 36.4. The minimum Gasteiger partial charge on any atom is -0.289 e. The highest BCUT2D eigenvalue weighted by atomic mass is 32.2. The Morgan fingerprint density at radius 2 is 1.67 bits per heavy atom. The molecular formula is C37H42F4N4O3S. The van der Waals surface area contributed by atoms with Crippen LogP contribution in [-0.4, -0.2) is 40.2 Å². The van der Waals surface area contributed by atoms with Crippen molar-refractivity contribution in [3.63, 3.8) is 0 Å². The van der Waals surface area contributed by atoms with E-state index in [4.69, 9.17) is 15.4 Å². The SMILES string of the molecule is CCc1ccc(-n2c(C(Cc3cc(F)cc(F)c3)C(C)CC)nc3nc(C4CCC(F)(F)CC4)cc(C)c3c2=O)c(C)c1C(=N)S(C)(=O)=O. The molecule has 2 heterocycles. The van der Waals surface area contributed by atoms with Crippen LogP contribution in [-0.2, 0) is 22.7 Å². The summed E-state index contributed by atoms with van der Waals surface area (Å²) in [5, 5.41) is 8.24. The highest BCUT2D eigenvalue weighted by Crippen LogP contribution is 2.41. The number of hydrogen-bond acceptors (Lipinski definition) is 6. The van der Waals surface area contributed by atoms with Gasteiger partial charge in [0.05, 0.1) is 11.1 Å². The number of nitrogens with one attached hydrogen (secondary N) is 1. The standard InChI is InChI=1S/C37H42F4N4O3S/c1-7-20(3)28(18-23-16-26(38)19-27(39)17-23)35-44-34-31(21(4)15-29(43-34)25-11-13-37(40,41)14-12-25)36(46)45(35)30-10-9-24(8-2)32(22(30)5)33(42)49(6,47)48/h9-10,15-17,19-20,25,28,42H,7-8,11-14,18H2,1-6H3. The van der Waals surface area contributed by atoms with E-state index in [0.29, 0.717) is 46.5 Å². The lowest BCUT2D eigenvalue weighted by atomic mass is 9.84. The second-order valence-corrected chi connectivity index (χ2v) is 15.4. The molecule has 5 rings (SSSR count). The number of alkyl halides is 2. The quantitative estimate of drug-likeness (QED) is 0.108. The maximum atomic E-state index is 14.8. The number of aromatic nitrogens is 3. The van der Waals surface area contributed by atoms with E-state index in [1.54, 1.807) is 32.0 Å². The van der Waals surface area contributed by atoms with Crippen molar-refractivity contribution in [1.82, 2.24) is 14.5 Å². The Morgan fingerprint density at radius 3 is 2.24 bits per heavy atom. The predicted molar refractivity (Wildman–Crippen MR) is 184 cm³/mol. The van der Waals surface area contributed by atoms with Gasteiger partial charge in [-0.05, 0) is 92.0 Å². The molecule has 1 fully saturated rings. The van der Waals surface area contributed by atoms with Gasteiger partial charge in [0.25, 0.3) is 5.56 Å². The first-order valence-corrected chi connectivity index (χ1v) is 18.5. The molecule has 2 atom stereocenters. The highest BCUT2D eigenvalue weighted by molar-refractivity contribution is 8.06. The summed E-state index contributed by atoms with van der Waals surface area (Å²) in [6, 6.07) is 8.44. The maximum absolute atomic E-state index is 14.8. The van der Waals surface area contributed by atoms with Gasteiger partial charge in [0, 0.05) is 48.3 Å². The number of sulfone groups is 1. The lowest BCUT2D eigenvalue weighted by Crippen LogP contribution is -2.31. The number of hydrogen-bond donors (Lipinski definition) is 1. The van der Waals surface area contributed by atoms with Gasteiger partial charge in [-0.15, -0.1) is 0 Å². The van der Waals surface area contributed by atoms with Crippen LogP contribution >= 0.6 is 0 Å². The first-order valence-electron chi connectivity index (χ1n) is 16.6. The fourth-order valence-corrected chi connectivity index (χ4v) is 7.69. The molecule has 1 saturated carbocycles. The van der Waals surface area contributed by atoms with Gasteiger partial charge in [-0.3, -0.25) is 14.8 Å². The molecule has 7 nitrogen and oxygen atoms in total. The topological polar surface area (TPSA) is 106 Å². The zero-order valence-corrected chi connectivity index (χ0v) is 29.4. The van der Waals surface area contributed by atoms with Crippen molar-refractivity contribution >= 4 is 25.9 Å². The Labute approximate surface area is 284 Å². The fraction of sp³-hybridized carbons (Fsp3) is 0.459. The van der Waals surface area contributed by atoms with Crippen LogP contribution in [0.15, 0.2) is 41.2 Å². The Kier molecular flexibility index (Phi) is 10.2. The van der Waals surface area contributed by atoms with Gasteiger partial charge < -0.3 is 0 Å². The second kappa shape index (κ2) is 13.8. The summed E-state index contributed by atoms with van der Waals surface area (Å²) >= 11 is 0. The Balaban J connectivity index is 1.84. The number of rotatable bonds is 9. The van der Waals surface area contributed by atoms with Crippen LogP contribution in [0.4, 0.5) is 17.6 Å². The average molecular weight is 699 g/mol. The number of fused-ring (bicyclic) bond motifs is 1. The van der Waals surface area contributed by atoms with Gasteiger partial charge in [0.15, 0.2) is 20.5 Å². The van der Waals surface area contributed by atoms with Crippen molar-refractivity contribution in [3.05, 3.63) is 97.7 Å². The molecule has 0 amide bonds. The molecule has 2 aromatic heterocycles. The van der Waals surface area contributed by atoms with Crippen molar-refractivity contribution in [2.75, 3.05) is 6.26 Å². The van der Waals surface area contributed by atoms with Crippen LogP contribution in [0.25, 0.3) is 16.7 Å². The smallest absolute Gasteiger partial charge is 0.267 e. The zero-order chi connectivity index (χ0) is 36.0. The molecule has 4 aromatic rings. The van der Waals surface area contributed by atoms with E-state index in [0.717, 1.165) is 12.3 Å². The van der Waals surface area contributed by atoms with E-state index >= 15 is 0 Å². The van der Waals surface area contributed by atoms with E-state index in [1.165, 1.54) is 16.7 Å². The maximum Gasteiger partial charge on any atom is 0.267 e. The number of aryl methyl sites for hydroxylation is 2. The van der Waals surface area contributed by atoms with E-state index in [1.807, 2.05) is 20.8 Å². The number of benzene rings is 2. The van der Waals surface area contributed by atoms with Crippen molar-refractivity contribution in [2.24, 2.45) is 5.92 Å². The molecule has 0 aliphatic heterocycles. The van der Waals surface area contributed by atoms with Gasteiger partial charge in [0.2, 0.25) is 5.92 Å². The predicted octanol–water partition coefficient (Wildman–Crippen LogP) is 8.27. The third-order valence-corrected chi connectivity index (χ3v) is 10.9. The summed E-state index contributed by atoms with van der Waals surface area (Å²) in [6.45, 7) is 9.17. The molecule has 1 aliphatic carbocycles. The molecule has 12 heteroatoms. The van der Waals surface area contributed by atoms with Gasteiger partial charge >= 0.3 is 0 Å². The average Bonchev–Trinajstić information content (AvgIpc) is 3.01. The van der Waals surface area contributed by atoms with Crippen LogP contribution in [0.1, 0.15) is 104 Å². The third-order valence-electron chi connectivity index (χ3n) is 10.0. The molecule has 0 bridgehead atoms. The highest BCUT2D eigenvalue weighted by Gasteiger charge is 2.36. The summed E-state index contributed by atoms with van der Waals surface area (Å²) in [6.07, 6.45) is 2.12. The van der Waals surface area contributed by atoms with Gasteiger partial charge in [-0.25, -0.2) is 35.9 Å². The van der Waals surface area contributed by atoms with Crippen LogP contribution in [0, 0.1) is 36.8 Å². The monoisotopic (exact) mass is 698 g/mol. The lowest BCUT2D eigenvalue weighted by molar-refractivity contribution is -0.0384. The van der Waals surface area contributed by atoms with Crippen molar-refractivity contribution < 1.29 is 26.0 Å². The second-order valence-electron chi connectivity index (χ2n) is 13.5. The molecule has 2 aromatic carbocycles. The molecule has 1 aliphatic rings. The van der Waals surface area contributed by atoms with Gasteiger partial charge in [-0.2, -0.15) is 0 Å². The van der Waals surface area contributed by atoms with Crippen LogP contribution < -0.4 is 5.56 Å². The van der Waals surface area contributed by atoms with Crippen molar-refractivity contribution in [2.45, 2.75) is 97.3 Å². The molecule has 1 N–H and O–H groups in total. The van der Waals surface area contributed by atoms with E-state index < -0.39 is 43.9 Å². The summed E-state index contributed by atoms with van der Waals surface area (Å²) in [5.41, 5.74) is 2.72. The normalized spacial score (nSPS) is 16.5. The third kappa shape index (κ3) is 7.34. The summed E-state index contributed by atoms with van der Waals surface area (Å²) < 4.78 is 83.5. The molecule has 2 unspecified atom stereocenters. The molecule has 49 heavy (non-hydrogen) atoms. The van der Waals surface area contributed by atoms with Gasteiger partial charge in [0.1, 0.15) is 17.5 Å². The van der Waals surface area contributed by atoms with E-state index in [2.05, 4.69) is 0 Å². The van der Waals surface area contributed by atoms with E-state index in [9.17, 15) is 30.8 Å². The van der Waals surface area contributed by atoms with Crippen LogP contribution in [0.2, 0.25) is 0 Å². The largest absolute Gasteiger partial charge is 0.289 e. The van der Waals surface area contributed by atoms with Crippen LogP contribution in [0.5, 0.6) is 0 Å². The Hall–Kier alpha value is -3.93. The lowest BCUT2D eigenvalue weighted by Gasteiger charge is -2.29. The minimum absolute atomic E-state index is 0.121. The van der Waals surface area contributed by atoms with Gasteiger partial charge in [-0.1, -0.05) is 33.3 Å². The Morgan fingerprint density at radius 1 is 1.04 bits per heavy atom. The fourth-order valence-electron chi connectivity index (χ4n) is 7.04. The van der Waals surface area contributed by atoms with Crippen molar-refractivity contribution in [1.29, 1.82) is 5.41 Å². The summed E-state index contributed by atoms with van der Waals surface area (Å²) in [5.74, 6) is -4.89. The molecular weight excluding hydrogens is 656 g/mol. The molecule has 262 valence electrons. The molecule has 0 saturated heterocycles. The summed E-state index contributed by atoms with van der Waals surface area (Å²) in [4.78, 5) is 24.6. The first-order chi connectivity index (χ1) is 22.9. The molecule has 0 radical (unpaired) electrons. The number of halogens is 4. The van der Waals surface area contributed by atoms with E-state index in [-0.39, 0.29) is 66.4 Å². The summed E-state index contributed by atoms with van der Waals surface area (Å²) in [7, 11) is -3.92. The minimum atomic E-state index is -3.92. The zero-order valence-electron chi connectivity index (χ0n) is 28.6. The number of pyridine rings is 1.